The summed E-state index contributed by atoms with van der Waals surface area (Å²) in [6.07, 6.45) is 0. The zero-order valence-corrected chi connectivity index (χ0v) is 13.1. The summed E-state index contributed by atoms with van der Waals surface area (Å²) in [6, 6.07) is 9.49. The number of fused-ring (bicyclic) bond motifs is 1. The van der Waals surface area contributed by atoms with Crippen molar-refractivity contribution in [2.24, 2.45) is 0 Å². The van der Waals surface area contributed by atoms with Crippen LogP contribution in [0.4, 0.5) is 5.69 Å². The summed E-state index contributed by atoms with van der Waals surface area (Å²) in [7, 11) is 0. The third-order valence-electron chi connectivity index (χ3n) is 3.82. The van der Waals surface area contributed by atoms with Gasteiger partial charge in [-0.15, -0.1) is 0 Å². The van der Waals surface area contributed by atoms with Crippen molar-refractivity contribution in [3.8, 4) is 0 Å². The summed E-state index contributed by atoms with van der Waals surface area (Å²) in [5.41, 5.74) is 5.92. The highest BCUT2D eigenvalue weighted by atomic mass is 16.1. The first-order valence-corrected chi connectivity index (χ1v) is 7.17. The van der Waals surface area contributed by atoms with Gasteiger partial charge in [-0.3, -0.25) is 4.79 Å². The number of anilines is 1. The second kappa shape index (κ2) is 5.26. The molecule has 22 heavy (non-hydrogen) atoms. The van der Waals surface area contributed by atoms with Crippen molar-refractivity contribution < 1.29 is 4.79 Å². The summed E-state index contributed by atoms with van der Waals surface area (Å²) < 4.78 is 1.69. The zero-order valence-electron chi connectivity index (χ0n) is 13.1. The molecule has 5 heteroatoms. The monoisotopic (exact) mass is 294 g/mol. The average molecular weight is 294 g/mol. The van der Waals surface area contributed by atoms with Crippen LogP contribution in [0.1, 0.15) is 33.0 Å². The number of nitrogens with one attached hydrogen (secondary N) is 1. The van der Waals surface area contributed by atoms with Gasteiger partial charge in [0.15, 0.2) is 11.3 Å². The van der Waals surface area contributed by atoms with Gasteiger partial charge < -0.3 is 5.32 Å². The van der Waals surface area contributed by atoms with Crippen LogP contribution in [0.5, 0.6) is 0 Å². The molecule has 0 aliphatic heterocycles. The highest BCUT2D eigenvalue weighted by molar-refractivity contribution is 6.04. The number of benzene rings is 1. The molecular formula is C17H18N4O. The number of hydrogen-bond acceptors (Lipinski definition) is 3. The van der Waals surface area contributed by atoms with Crippen LogP contribution in [-0.4, -0.2) is 20.5 Å². The maximum absolute atomic E-state index is 12.4. The van der Waals surface area contributed by atoms with Gasteiger partial charge in [0.25, 0.3) is 5.91 Å². The smallest absolute Gasteiger partial charge is 0.276 e. The second-order valence-electron chi connectivity index (χ2n) is 5.54. The fraction of sp³-hybridized carbons (Fsp3) is 0.235. The summed E-state index contributed by atoms with van der Waals surface area (Å²) in [4.78, 5) is 16.8. The number of carbonyl (C=O) groups excluding carboxylic acids is 1. The first-order chi connectivity index (χ1) is 10.5. The van der Waals surface area contributed by atoms with E-state index < -0.39 is 0 Å². The predicted octanol–water partition coefficient (Wildman–Crippen LogP) is 3.22. The summed E-state index contributed by atoms with van der Waals surface area (Å²) in [6.45, 7) is 7.88. The van der Waals surface area contributed by atoms with Crippen molar-refractivity contribution >= 4 is 17.2 Å². The van der Waals surface area contributed by atoms with Crippen LogP contribution in [0.25, 0.3) is 5.65 Å². The molecule has 1 amide bonds. The number of hydrogen-bond donors (Lipinski definition) is 1. The van der Waals surface area contributed by atoms with Crippen molar-refractivity contribution in [2.45, 2.75) is 27.7 Å². The quantitative estimate of drug-likeness (QED) is 0.789. The second-order valence-corrected chi connectivity index (χ2v) is 5.54. The SMILES string of the molecule is Cc1cc(C)n2nc(C(=O)Nc3cccc(C)c3C)cc2n1. The van der Waals surface area contributed by atoms with Crippen LogP contribution >= 0.6 is 0 Å². The molecular weight excluding hydrogens is 276 g/mol. The van der Waals surface area contributed by atoms with Gasteiger partial charge in [-0.25, -0.2) is 9.50 Å². The van der Waals surface area contributed by atoms with Gasteiger partial charge in [-0.2, -0.15) is 5.10 Å². The lowest BCUT2D eigenvalue weighted by atomic mass is 10.1. The van der Waals surface area contributed by atoms with Crippen LogP contribution in [0, 0.1) is 27.7 Å². The molecule has 0 bridgehead atoms. The first-order valence-electron chi connectivity index (χ1n) is 7.17. The van der Waals surface area contributed by atoms with Gasteiger partial charge in [-0.1, -0.05) is 12.1 Å². The number of rotatable bonds is 2. The maximum atomic E-state index is 12.4. The van der Waals surface area contributed by atoms with Gasteiger partial charge >= 0.3 is 0 Å². The van der Waals surface area contributed by atoms with Gasteiger partial charge in [0.05, 0.1) is 0 Å². The predicted molar refractivity (Wildman–Crippen MR) is 86.3 cm³/mol. The minimum atomic E-state index is -0.226. The van der Waals surface area contributed by atoms with E-state index in [-0.39, 0.29) is 5.91 Å². The first kappa shape index (κ1) is 14.3. The largest absolute Gasteiger partial charge is 0.320 e. The molecule has 0 aliphatic carbocycles. The molecule has 1 aromatic carbocycles. The maximum Gasteiger partial charge on any atom is 0.276 e. The minimum Gasteiger partial charge on any atom is -0.320 e. The van der Waals surface area contributed by atoms with Crippen LogP contribution < -0.4 is 5.32 Å². The molecule has 3 rings (SSSR count). The molecule has 0 fully saturated rings. The highest BCUT2D eigenvalue weighted by Gasteiger charge is 2.14. The van der Waals surface area contributed by atoms with Crippen LogP contribution in [-0.2, 0) is 0 Å². The van der Waals surface area contributed by atoms with E-state index in [0.717, 1.165) is 28.2 Å². The zero-order chi connectivity index (χ0) is 15.9. The Balaban J connectivity index is 1.95. The Morgan fingerprint density at radius 3 is 2.68 bits per heavy atom. The van der Waals surface area contributed by atoms with Crippen LogP contribution in [0.3, 0.4) is 0 Å². The van der Waals surface area contributed by atoms with Crippen molar-refractivity contribution in [2.75, 3.05) is 5.32 Å². The number of nitrogens with zero attached hydrogens (tertiary/aromatic N) is 3. The number of aromatic nitrogens is 3. The molecule has 1 N–H and O–H groups in total. The van der Waals surface area contributed by atoms with Gasteiger partial charge in [0, 0.05) is 23.1 Å². The standard InChI is InChI=1S/C17H18N4O/c1-10-6-5-7-14(13(10)4)19-17(22)15-9-16-18-11(2)8-12(3)21(16)20-15/h5-9H,1-4H3,(H,19,22). The van der Waals surface area contributed by atoms with Crippen molar-refractivity contribution in [1.29, 1.82) is 0 Å². The van der Waals surface area contributed by atoms with E-state index in [1.165, 1.54) is 0 Å². The Hall–Kier alpha value is -2.69. The number of carbonyl (C=O) groups is 1. The van der Waals surface area contributed by atoms with E-state index >= 15 is 0 Å². The molecule has 0 radical (unpaired) electrons. The lowest BCUT2D eigenvalue weighted by Crippen LogP contribution is -2.14. The summed E-state index contributed by atoms with van der Waals surface area (Å²) >= 11 is 0. The van der Waals surface area contributed by atoms with E-state index in [4.69, 9.17) is 0 Å². The Labute approximate surface area is 129 Å². The number of amides is 1. The highest BCUT2D eigenvalue weighted by Crippen LogP contribution is 2.19. The van der Waals surface area contributed by atoms with Gasteiger partial charge in [0.2, 0.25) is 0 Å². The summed E-state index contributed by atoms with van der Waals surface area (Å²) in [5, 5.41) is 7.26. The van der Waals surface area contributed by atoms with E-state index in [0.29, 0.717) is 11.3 Å². The lowest BCUT2D eigenvalue weighted by molar-refractivity contribution is 0.102. The fourth-order valence-electron chi connectivity index (χ4n) is 2.47. The Kier molecular flexibility index (Phi) is 3.41. The van der Waals surface area contributed by atoms with E-state index in [2.05, 4.69) is 15.4 Å². The Morgan fingerprint density at radius 2 is 1.91 bits per heavy atom. The van der Waals surface area contributed by atoms with E-state index in [9.17, 15) is 4.79 Å². The Morgan fingerprint density at radius 1 is 1.14 bits per heavy atom. The molecule has 3 aromatic rings. The Bertz CT molecular complexity index is 880. The van der Waals surface area contributed by atoms with Gasteiger partial charge in [0.1, 0.15) is 0 Å². The van der Waals surface area contributed by atoms with Crippen LogP contribution in [0.15, 0.2) is 30.3 Å². The van der Waals surface area contributed by atoms with Crippen LogP contribution in [0.2, 0.25) is 0 Å². The fourth-order valence-corrected chi connectivity index (χ4v) is 2.47. The van der Waals surface area contributed by atoms with E-state index in [1.54, 1.807) is 10.6 Å². The molecule has 0 saturated heterocycles. The third-order valence-corrected chi connectivity index (χ3v) is 3.82. The molecule has 0 atom stereocenters. The molecule has 5 nitrogen and oxygen atoms in total. The summed E-state index contributed by atoms with van der Waals surface area (Å²) in [5.74, 6) is -0.226. The molecule has 2 heterocycles. The van der Waals surface area contributed by atoms with Crippen molar-refractivity contribution in [1.82, 2.24) is 14.6 Å². The molecule has 112 valence electrons. The van der Waals surface area contributed by atoms with E-state index in [1.807, 2.05) is 52.0 Å². The average Bonchev–Trinajstić information content (AvgIpc) is 2.88. The topological polar surface area (TPSA) is 59.3 Å². The van der Waals surface area contributed by atoms with Crippen molar-refractivity contribution in [3.05, 3.63) is 58.5 Å². The lowest BCUT2D eigenvalue weighted by Gasteiger charge is -2.08. The molecule has 0 unspecified atom stereocenters. The molecule has 0 saturated carbocycles. The normalized spacial score (nSPS) is 10.9. The minimum absolute atomic E-state index is 0.226. The molecule has 0 spiro atoms. The molecule has 0 aliphatic rings. The third kappa shape index (κ3) is 2.45. The van der Waals surface area contributed by atoms with Crippen molar-refractivity contribution in [3.63, 3.8) is 0 Å². The molecule has 2 aromatic heterocycles. The number of aryl methyl sites for hydroxylation is 3. The van der Waals surface area contributed by atoms with Gasteiger partial charge in [-0.05, 0) is 51.0 Å².